The van der Waals surface area contributed by atoms with Crippen LogP contribution in [0.5, 0.6) is 5.75 Å². The number of halogens is 1. The lowest BCUT2D eigenvalue weighted by atomic mass is 10.0. The molecule has 3 N–H and O–H groups in total. The molecule has 10 nitrogen and oxygen atoms in total. The van der Waals surface area contributed by atoms with Crippen LogP contribution in [0.1, 0.15) is 41.6 Å². The number of ether oxygens (including phenoxy) is 1. The molecule has 2 amide bonds. The third kappa shape index (κ3) is 6.70. The number of nitrogens with zero attached hydrogens (tertiary/aromatic N) is 3. The van der Waals surface area contributed by atoms with Crippen molar-refractivity contribution in [2.24, 2.45) is 0 Å². The maximum atomic E-state index is 12.9. The van der Waals surface area contributed by atoms with E-state index >= 15 is 0 Å². The second-order valence-electron chi connectivity index (χ2n) is 9.59. The number of anilines is 2. The minimum Gasteiger partial charge on any atom is -0.497 e. The number of fused-ring (bicyclic) bond motifs is 1. The van der Waals surface area contributed by atoms with Crippen LogP contribution in [0, 0.1) is 0 Å². The van der Waals surface area contributed by atoms with Gasteiger partial charge in [-0.1, -0.05) is 0 Å². The maximum absolute atomic E-state index is 12.9. The van der Waals surface area contributed by atoms with Crippen molar-refractivity contribution in [1.29, 1.82) is 0 Å². The summed E-state index contributed by atoms with van der Waals surface area (Å²) in [5.41, 5.74) is 4.12. The van der Waals surface area contributed by atoms with Gasteiger partial charge in [-0.2, -0.15) is 0 Å². The van der Waals surface area contributed by atoms with E-state index in [1.54, 1.807) is 31.2 Å². The standard InChI is InChI=1S/C28H35BrN6O4/c1-30-23-5-4-21(39-3)14-18(23)8-11-35(17-36)20-9-12-34(13-10-20)26(38)7-6-25(37)19-15-22(29)27-24(16-19)32-28(31-2)33-27/h4-5,14-17,20,30H,6-13H2,1-3H3,(H2,31,32,33). The molecule has 0 atom stereocenters. The lowest BCUT2D eigenvalue weighted by Crippen LogP contribution is -2.47. The Hall–Kier alpha value is -3.60. The summed E-state index contributed by atoms with van der Waals surface area (Å²) in [5.74, 6) is 1.27. The SMILES string of the molecule is CNc1nc2c(Br)cc(C(=O)CCC(=O)N3CCC(N(C=O)CCc4cc(OC)ccc4NC)CC3)cc2[nH]1. The van der Waals surface area contributed by atoms with E-state index in [0.29, 0.717) is 50.4 Å². The number of methoxy groups -OCH3 is 1. The predicted octanol–water partition coefficient (Wildman–Crippen LogP) is 4.07. The number of rotatable bonds is 12. The zero-order valence-corrected chi connectivity index (χ0v) is 24.1. The van der Waals surface area contributed by atoms with E-state index in [4.69, 9.17) is 4.74 Å². The second kappa shape index (κ2) is 13.0. The van der Waals surface area contributed by atoms with Gasteiger partial charge in [-0.25, -0.2) is 4.98 Å². The van der Waals surface area contributed by atoms with Crippen molar-refractivity contribution in [2.45, 2.75) is 38.1 Å². The first-order valence-corrected chi connectivity index (χ1v) is 13.9. The van der Waals surface area contributed by atoms with Crippen LogP contribution in [0.4, 0.5) is 11.6 Å². The molecule has 0 aliphatic carbocycles. The quantitative estimate of drug-likeness (QED) is 0.212. The fourth-order valence-corrected chi connectivity index (χ4v) is 5.59. The Morgan fingerprint density at radius 3 is 2.62 bits per heavy atom. The smallest absolute Gasteiger partial charge is 0.223 e. The number of benzene rings is 2. The van der Waals surface area contributed by atoms with Crippen molar-refractivity contribution >= 4 is 56.7 Å². The van der Waals surface area contributed by atoms with Crippen molar-refractivity contribution in [3.05, 3.63) is 45.9 Å². The number of likely N-dealkylation sites (tertiary alicyclic amines) is 1. The number of nitrogens with one attached hydrogen (secondary N) is 3. The van der Waals surface area contributed by atoms with Crippen molar-refractivity contribution < 1.29 is 19.1 Å². The molecule has 0 bridgehead atoms. The summed E-state index contributed by atoms with van der Waals surface area (Å²) in [7, 11) is 5.28. The molecule has 0 saturated carbocycles. The van der Waals surface area contributed by atoms with Crippen LogP contribution in [-0.2, 0) is 16.0 Å². The number of aromatic amines is 1. The lowest BCUT2D eigenvalue weighted by molar-refractivity contribution is -0.133. The van der Waals surface area contributed by atoms with Gasteiger partial charge < -0.3 is 30.2 Å². The largest absolute Gasteiger partial charge is 0.497 e. The van der Waals surface area contributed by atoms with Gasteiger partial charge in [-0.05, 0) is 71.1 Å². The molecule has 1 fully saturated rings. The van der Waals surface area contributed by atoms with Crippen LogP contribution < -0.4 is 15.4 Å². The van der Waals surface area contributed by atoms with Gasteiger partial charge in [-0.3, -0.25) is 14.4 Å². The summed E-state index contributed by atoms with van der Waals surface area (Å²) in [4.78, 5) is 48.8. The zero-order valence-electron chi connectivity index (χ0n) is 22.6. The van der Waals surface area contributed by atoms with Gasteiger partial charge in [0.05, 0.1) is 12.6 Å². The van der Waals surface area contributed by atoms with Gasteiger partial charge in [0.2, 0.25) is 18.3 Å². The fraction of sp³-hybridized carbons (Fsp3) is 0.429. The number of piperidine rings is 1. The van der Waals surface area contributed by atoms with E-state index in [9.17, 15) is 14.4 Å². The number of H-pyrrole nitrogens is 1. The molecular formula is C28H35BrN6O4. The molecule has 0 unspecified atom stereocenters. The summed E-state index contributed by atoms with van der Waals surface area (Å²) < 4.78 is 6.07. The number of imidazole rings is 1. The molecule has 11 heteroatoms. The Morgan fingerprint density at radius 1 is 1.18 bits per heavy atom. The summed E-state index contributed by atoms with van der Waals surface area (Å²) >= 11 is 3.49. The zero-order chi connectivity index (χ0) is 27.9. The maximum Gasteiger partial charge on any atom is 0.223 e. The Bertz CT molecular complexity index is 1340. The molecule has 4 rings (SSSR count). The van der Waals surface area contributed by atoms with Crippen LogP contribution in [0.3, 0.4) is 0 Å². The first-order chi connectivity index (χ1) is 18.9. The summed E-state index contributed by atoms with van der Waals surface area (Å²) in [6.07, 6.45) is 3.33. The molecule has 2 aromatic carbocycles. The molecule has 0 spiro atoms. The third-order valence-electron chi connectivity index (χ3n) is 7.31. The summed E-state index contributed by atoms with van der Waals surface area (Å²) in [5, 5.41) is 6.14. The molecule has 1 saturated heterocycles. The van der Waals surface area contributed by atoms with Crippen molar-refractivity contribution in [3.63, 3.8) is 0 Å². The molecule has 208 valence electrons. The van der Waals surface area contributed by atoms with Crippen LogP contribution >= 0.6 is 15.9 Å². The highest BCUT2D eigenvalue weighted by Crippen LogP contribution is 2.27. The molecule has 3 aromatic rings. The topological polar surface area (TPSA) is 120 Å². The van der Waals surface area contributed by atoms with Gasteiger partial charge in [0.25, 0.3) is 0 Å². The highest BCUT2D eigenvalue weighted by atomic mass is 79.9. The van der Waals surface area contributed by atoms with Crippen molar-refractivity contribution in [3.8, 4) is 5.75 Å². The number of ketones is 1. The normalized spacial score (nSPS) is 13.8. The fourth-order valence-electron chi connectivity index (χ4n) is 5.04. The third-order valence-corrected chi connectivity index (χ3v) is 7.91. The molecule has 2 heterocycles. The van der Waals surface area contributed by atoms with Crippen LogP contribution in [0.2, 0.25) is 0 Å². The van der Waals surface area contributed by atoms with E-state index < -0.39 is 0 Å². The average molecular weight is 600 g/mol. The lowest BCUT2D eigenvalue weighted by Gasteiger charge is -2.37. The van der Waals surface area contributed by atoms with Gasteiger partial charge in [0.1, 0.15) is 11.3 Å². The predicted molar refractivity (Wildman–Crippen MR) is 156 cm³/mol. The molecule has 0 radical (unpaired) electrons. The van der Waals surface area contributed by atoms with E-state index in [1.807, 2.05) is 30.1 Å². The van der Waals surface area contributed by atoms with Crippen molar-refractivity contribution in [1.82, 2.24) is 19.8 Å². The van der Waals surface area contributed by atoms with Gasteiger partial charge in [-0.15, -0.1) is 0 Å². The number of carbonyl (C=O) groups is 3. The number of carbonyl (C=O) groups excluding carboxylic acids is 3. The first kappa shape index (κ1) is 28.4. The van der Waals surface area contributed by atoms with Crippen LogP contribution in [0.15, 0.2) is 34.8 Å². The van der Waals surface area contributed by atoms with E-state index in [2.05, 4.69) is 36.5 Å². The van der Waals surface area contributed by atoms with Gasteiger partial charge >= 0.3 is 0 Å². The Kier molecular flexibility index (Phi) is 9.45. The van der Waals surface area contributed by atoms with Crippen LogP contribution in [0.25, 0.3) is 11.0 Å². The van der Waals surface area contributed by atoms with E-state index in [0.717, 1.165) is 38.9 Å². The highest BCUT2D eigenvalue weighted by Gasteiger charge is 2.27. The van der Waals surface area contributed by atoms with Gasteiger partial charge in [0.15, 0.2) is 5.78 Å². The number of aromatic nitrogens is 2. The second-order valence-corrected chi connectivity index (χ2v) is 10.4. The first-order valence-electron chi connectivity index (χ1n) is 13.1. The molecule has 1 aliphatic rings. The van der Waals surface area contributed by atoms with Gasteiger partial charge in [0, 0.05) is 68.3 Å². The average Bonchev–Trinajstić information content (AvgIpc) is 3.40. The Morgan fingerprint density at radius 2 is 1.95 bits per heavy atom. The summed E-state index contributed by atoms with van der Waals surface area (Å²) in [6.45, 7) is 1.73. The Balaban J connectivity index is 1.27. The minimum absolute atomic E-state index is 0.0337. The molecule has 39 heavy (non-hydrogen) atoms. The van der Waals surface area contributed by atoms with E-state index in [-0.39, 0.29) is 30.6 Å². The summed E-state index contributed by atoms with van der Waals surface area (Å²) in [6, 6.07) is 9.47. The van der Waals surface area contributed by atoms with Crippen LogP contribution in [-0.4, -0.2) is 84.7 Å². The number of hydrogen-bond donors (Lipinski definition) is 3. The minimum atomic E-state index is -0.0907. The number of hydrogen-bond acceptors (Lipinski definition) is 7. The molecular weight excluding hydrogens is 564 g/mol. The number of Topliss-reactive ketones (excluding diaryl/α,β-unsaturated/α-hetero) is 1. The monoisotopic (exact) mass is 598 g/mol. The molecule has 1 aromatic heterocycles. The highest BCUT2D eigenvalue weighted by molar-refractivity contribution is 9.10. The molecule has 1 aliphatic heterocycles. The Labute approximate surface area is 236 Å². The number of amides is 2. The van der Waals surface area contributed by atoms with E-state index in [1.165, 1.54) is 0 Å². The van der Waals surface area contributed by atoms with Crippen molar-refractivity contribution in [2.75, 3.05) is 51.5 Å².